The van der Waals surface area contributed by atoms with E-state index in [9.17, 15) is 8.42 Å². The van der Waals surface area contributed by atoms with Gasteiger partial charge in [0, 0.05) is 10.7 Å². The van der Waals surface area contributed by atoms with E-state index < -0.39 is 10.0 Å². The third-order valence-corrected chi connectivity index (χ3v) is 4.66. The SMILES string of the molecule is COc1ccc(Cl)cc1NS(=O)(=O)c1ccc(N)cc1C. The Morgan fingerprint density at radius 1 is 1.19 bits per heavy atom. The van der Waals surface area contributed by atoms with Gasteiger partial charge in [-0.1, -0.05) is 11.6 Å². The predicted octanol–water partition coefficient (Wildman–Crippen LogP) is 3.04. The first-order valence-corrected chi connectivity index (χ1v) is 7.92. The topological polar surface area (TPSA) is 81.4 Å². The Kier molecular flexibility index (Phi) is 4.29. The summed E-state index contributed by atoms with van der Waals surface area (Å²) in [5.41, 5.74) is 6.98. The second-order valence-corrected chi connectivity index (χ2v) is 6.56. The maximum absolute atomic E-state index is 12.5. The Morgan fingerprint density at radius 2 is 1.90 bits per heavy atom. The molecule has 2 rings (SSSR count). The molecule has 0 aliphatic carbocycles. The molecule has 112 valence electrons. The van der Waals surface area contributed by atoms with Gasteiger partial charge in [0.05, 0.1) is 17.7 Å². The molecule has 0 aliphatic rings. The van der Waals surface area contributed by atoms with Crippen LogP contribution in [0.1, 0.15) is 5.56 Å². The van der Waals surface area contributed by atoms with Crippen LogP contribution in [0.3, 0.4) is 0 Å². The molecule has 0 aliphatic heterocycles. The number of hydrogen-bond donors (Lipinski definition) is 2. The first-order chi connectivity index (χ1) is 9.83. The minimum atomic E-state index is -3.75. The van der Waals surface area contributed by atoms with Gasteiger partial charge in [0.25, 0.3) is 10.0 Å². The minimum Gasteiger partial charge on any atom is -0.495 e. The molecule has 2 aromatic rings. The van der Waals surface area contributed by atoms with Gasteiger partial charge >= 0.3 is 0 Å². The fourth-order valence-corrected chi connectivity index (χ4v) is 3.39. The lowest BCUT2D eigenvalue weighted by Crippen LogP contribution is -2.15. The van der Waals surface area contributed by atoms with E-state index in [4.69, 9.17) is 22.1 Å². The van der Waals surface area contributed by atoms with Crippen LogP contribution in [0.15, 0.2) is 41.3 Å². The second kappa shape index (κ2) is 5.83. The van der Waals surface area contributed by atoms with E-state index in [2.05, 4.69) is 4.72 Å². The van der Waals surface area contributed by atoms with Crippen LogP contribution in [0.25, 0.3) is 0 Å². The number of sulfonamides is 1. The maximum atomic E-state index is 12.5. The van der Waals surface area contributed by atoms with Crippen LogP contribution in [0.5, 0.6) is 5.75 Å². The predicted molar refractivity (Wildman–Crippen MR) is 84.4 cm³/mol. The van der Waals surface area contributed by atoms with Crippen LogP contribution in [-0.2, 0) is 10.0 Å². The molecule has 3 N–H and O–H groups in total. The van der Waals surface area contributed by atoms with Crippen LogP contribution < -0.4 is 15.2 Å². The van der Waals surface area contributed by atoms with E-state index in [0.29, 0.717) is 22.0 Å². The van der Waals surface area contributed by atoms with E-state index >= 15 is 0 Å². The Morgan fingerprint density at radius 3 is 2.52 bits per heavy atom. The van der Waals surface area contributed by atoms with Gasteiger partial charge in [0.15, 0.2) is 0 Å². The van der Waals surface area contributed by atoms with Crippen molar-refractivity contribution < 1.29 is 13.2 Å². The molecule has 7 heteroatoms. The van der Waals surface area contributed by atoms with Gasteiger partial charge < -0.3 is 10.5 Å². The number of aryl methyl sites for hydroxylation is 1. The number of nitrogen functional groups attached to an aromatic ring is 1. The number of ether oxygens (including phenoxy) is 1. The van der Waals surface area contributed by atoms with Crippen LogP contribution in [-0.4, -0.2) is 15.5 Å². The average Bonchev–Trinajstić information content (AvgIpc) is 2.37. The molecule has 0 amide bonds. The Labute approximate surface area is 128 Å². The number of anilines is 2. The molecule has 0 spiro atoms. The highest BCUT2D eigenvalue weighted by atomic mass is 35.5. The van der Waals surface area contributed by atoms with E-state index in [1.54, 1.807) is 25.1 Å². The maximum Gasteiger partial charge on any atom is 0.262 e. The number of halogens is 1. The molecule has 0 fully saturated rings. The number of methoxy groups -OCH3 is 1. The highest BCUT2D eigenvalue weighted by Crippen LogP contribution is 2.30. The van der Waals surface area contributed by atoms with E-state index in [0.717, 1.165) is 0 Å². The van der Waals surface area contributed by atoms with Gasteiger partial charge in [-0.15, -0.1) is 0 Å². The van der Waals surface area contributed by atoms with Gasteiger partial charge in [-0.25, -0.2) is 8.42 Å². The quantitative estimate of drug-likeness (QED) is 0.846. The standard InChI is InChI=1S/C14H15ClN2O3S/c1-9-7-11(16)4-6-14(9)21(18,19)17-12-8-10(15)3-5-13(12)20-2/h3-8,17H,16H2,1-2H3. The molecule has 0 radical (unpaired) electrons. The summed E-state index contributed by atoms with van der Waals surface area (Å²) in [4.78, 5) is 0.152. The highest BCUT2D eigenvalue weighted by Gasteiger charge is 2.19. The Hall–Kier alpha value is -1.92. The normalized spacial score (nSPS) is 11.2. The number of nitrogens with two attached hydrogens (primary N) is 1. The number of nitrogens with one attached hydrogen (secondary N) is 1. The number of rotatable bonds is 4. The average molecular weight is 327 g/mol. The van der Waals surface area contributed by atoms with E-state index in [1.165, 1.54) is 25.3 Å². The zero-order valence-electron chi connectivity index (χ0n) is 11.6. The summed E-state index contributed by atoms with van der Waals surface area (Å²) in [6.45, 7) is 1.68. The summed E-state index contributed by atoms with van der Waals surface area (Å²) in [6.07, 6.45) is 0. The fraction of sp³-hybridized carbons (Fsp3) is 0.143. The molecule has 2 aromatic carbocycles. The Bertz CT molecular complexity index is 776. The summed E-state index contributed by atoms with van der Waals surface area (Å²) >= 11 is 5.89. The van der Waals surface area contributed by atoms with E-state index in [1.807, 2.05) is 0 Å². The molecule has 0 bridgehead atoms. The molecule has 21 heavy (non-hydrogen) atoms. The van der Waals surface area contributed by atoms with Crippen LogP contribution in [0.4, 0.5) is 11.4 Å². The molecular weight excluding hydrogens is 312 g/mol. The third kappa shape index (κ3) is 3.40. The monoisotopic (exact) mass is 326 g/mol. The van der Waals surface area contributed by atoms with Crippen molar-refractivity contribution in [3.05, 3.63) is 47.0 Å². The van der Waals surface area contributed by atoms with Crippen molar-refractivity contribution in [3.63, 3.8) is 0 Å². The minimum absolute atomic E-state index is 0.152. The number of hydrogen-bond acceptors (Lipinski definition) is 4. The molecule has 0 unspecified atom stereocenters. The van der Waals surface area contributed by atoms with Crippen molar-refractivity contribution in [2.75, 3.05) is 17.6 Å². The molecule has 0 heterocycles. The summed E-state index contributed by atoms with van der Waals surface area (Å²) in [5, 5.41) is 0.405. The summed E-state index contributed by atoms with van der Waals surface area (Å²) in [5.74, 6) is 0.385. The molecule has 0 aromatic heterocycles. The lowest BCUT2D eigenvalue weighted by atomic mass is 10.2. The van der Waals surface area contributed by atoms with Crippen molar-refractivity contribution >= 4 is 33.0 Å². The van der Waals surface area contributed by atoms with Crippen LogP contribution >= 0.6 is 11.6 Å². The summed E-state index contributed by atoms with van der Waals surface area (Å²) < 4.78 is 32.5. The fourth-order valence-electron chi connectivity index (χ4n) is 1.93. The molecular formula is C14H15ClN2O3S. The lowest BCUT2D eigenvalue weighted by Gasteiger charge is -2.13. The lowest BCUT2D eigenvalue weighted by molar-refractivity contribution is 0.417. The first kappa shape index (κ1) is 15.5. The zero-order chi connectivity index (χ0) is 15.6. The molecule has 0 saturated carbocycles. The molecule has 0 atom stereocenters. The zero-order valence-corrected chi connectivity index (χ0v) is 13.1. The third-order valence-electron chi connectivity index (χ3n) is 2.89. The van der Waals surface area contributed by atoms with Crippen LogP contribution in [0, 0.1) is 6.92 Å². The van der Waals surface area contributed by atoms with Crippen molar-refractivity contribution in [2.24, 2.45) is 0 Å². The van der Waals surface area contributed by atoms with Crippen molar-refractivity contribution in [1.29, 1.82) is 0 Å². The Balaban J connectivity index is 2.44. The second-order valence-electron chi connectivity index (χ2n) is 4.48. The van der Waals surface area contributed by atoms with Gasteiger partial charge in [0.2, 0.25) is 0 Å². The van der Waals surface area contributed by atoms with Crippen molar-refractivity contribution in [2.45, 2.75) is 11.8 Å². The summed E-state index contributed by atoms with van der Waals surface area (Å²) in [7, 11) is -2.30. The highest BCUT2D eigenvalue weighted by molar-refractivity contribution is 7.92. The van der Waals surface area contributed by atoms with E-state index in [-0.39, 0.29) is 10.6 Å². The van der Waals surface area contributed by atoms with Gasteiger partial charge in [-0.2, -0.15) is 0 Å². The van der Waals surface area contributed by atoms with Crippen molar-refractivity contribution in [1.82, 2.24) is 0 Å². The smallest absolute Gasteiger partial charge is 0.262 e. The molecule has 0 saturated heterocycles. The van der Waals surface area contributed by atoms with Gasteiger partial charge in [-0.3, -0.25) is 4.72 Å². The molecule has 5 nitrogen and oxygen atoms in total. The first-order valence-electron chi connectivity index (χ1n) is 6.06. The number of benzene rings is 2. The van der Waals surface area contributed by atoms with Crippen LogP contribution in [0.2, 0.25) is 5.02 Å². The van der Waals surface area contributed by atoms with Crippen molar-refractivity contribution in [3.8, 4) is 5.75 Å². The largest absolute Gasteiger partial charge is 0.495 e. The summed E-state index contributed by atoms with van der Waals surface area (Å²) in [6, 6.07) is 9.30. The van der Waals surface area contributed by atoms with Gasteiger partial charge in [-0.05, 0) is 48.9 Å². The van der Waals surface area contributed by atoms with Gasteiger partial charge in [0.1, 0.15) is 5.75 Å².